The third-order valence-corrected chi connectivity index (χ3v) is 4.65. The van der Waals surface area contributed by atoms with Gasteiger partial charge in [0.1, 0.15) is 10.6 Å². The predicted molar refractivity (Wildman–Crippen MR) is 82.9 cm³/mol. The molecule has 0 aliphatic carbocycles. The summed E-state index contributed by atoms with van der Waals surface area (Å²) in [6, 6.07) is 6.52. The summed E-state index contributed by atoms with van der Waals surface area (Å²) in [5, 5.41) is 9.93. The molecule has 1 aromatic rings. The normalized spacial score (nSPS) is 14.0. The van der Waals surface area contributed by atoms with Crippen LogP contribution in [0.2, 0.25) is 0 Å². The molecule has 1 aromatic carbocycles. The Kier molecular flexibility index (Phi) is 6.19. The van der Waals surface area contributed by atoms with Gasteiger partial charge in [0, 0.05) is 6.54 Å². The van der Waals surface area contributed by atoms with E-state index in [2.05, 4.69) is 4.72 Å². The molecule has 5 nitrogen and oxygen atoms in total. The predicted octanol–water partition coefficient (Wildman–Crippen LogP) is 2.16. The lowest BCUT2D eigenvalue weighted by Crippen LogP contribution is -2.32. The molecule has 0 fully saturated rings. The number of aliphatic hydroxyl groups excluding tert-OH is 1. The average Bonchev–Trinajstić information content (AvgIpc) is 2.38. The van der Waals surface area contributed by atoms with Crippen LogP contribution in [0.4, 0.5) is 0 Å². The summed E-state index contributed by atoms with van der Waals surface area (Å²) < 4.78 is 32.4. The summed E-state index contributed by atoms with van der Waals surface area (Å²) in [7, 11) is -3.64. The number of para-hydroxylation sites is 1. The first kappa shape index (κ1) is 17.9. The fraction of sp³-hybridized carbons (Fsp3) is 0.600. The van der Waals surface area contributed by atoms with Gasteiger partial charge >= 0.3 is 0 Å². The zero-order valence-corrected chi connectivity index (χ0v) is 13.9. The van der Waals surface area contributed by atoms with Crippen LogP contribution in [0.25, 0.3) is 0 Å². The molecule has 0 aliphatic heterocycles. The van der Waals surface area contributed by atoms with Gasteiger partial charge in [-0.05, 0) is 30.9 Å². The number of rotatable bonds is 7. The van der Waals surface area contributed by atoms with Gasteiger partial charge in [0.25, 0.3) is 0 Å². The van der Waals surface area contributed by atoms with Gasteiger partial charge in [0.2, 0.25) is 10.0 Å². The van der Waals surface area contributed by atoms with Crippen molar-refractivity contribution in [3.05, 3.63) is 24.3 Å². The monoisotopic (exact) mass is 315 g/mol. The third kappa shape index (κ3) is 5.30. The Balaban J connectivity index is 2.75. The molecule has 0 spiro atoms. The van der Waals surface area contributed by atoms with Gasteiger partial charge in [-0.1, -0.05) is 32.9 Å². The second-order valence-electron chi connectivity index (χ2n) is 5.95. The maximum atomic E-state index is 12.3. The van der Waals surface area contributed by atoms with Crippen molar-refractivity contribution >= 4 is 10.0 Å². The summed E-state index contributed by atoms with van der Waals surface area (Å²) in [5.41, 5.74) is -0.269. The van der Waals surface area contributed by atoms with Crippen molar-refractivity contribution in [2.75, 3.05) is 13.2 Å². The number of benzene rings is 1. The third-order valence-electron chi connectivity index (χ3n) is 3.15. The zero-order chi connectivity index (χ0) is 16.1. The first-order valence-corrected chi connectivity index (χ1v) is 8.56. The topological polar surface area (TPSA) is 75.6 Å². The molecule has 0 heterocycles. The fourth-order valence-corrected chi connectivity index (χ4v) is 2.98. The van der Waals surface area contributed by atoms with Crippen molar-refractivity contribution in [1.82, 2.24) is 4.72 Å². The average molecular weight is 315 g/mol. The second kappa shape index (κ2) is 7.24. The van der Waals surface area contributed by atoms with Crippen molar-refractivity contribution in [2.45, 2.75) is 45.1 Å². The molecule has 6 heteroatoms. The first-order chi connectivity index (χ1) is 9.68. The van der Waals surface area contributed by atoms with E-state index in [1.165, 1.54) is 6.07 Å². The Labute approximate surface area is 127 Å². The lowest BCUT2D eigenvalue weighted by molar-refractivity contribution is 0.0571. The van der Waals surface area contributed by atoms with Crippen molar-refractivity contribution in [3.63, 3.8) is 0 Å². The maximum absolute atomic E-state index is 12.3. The van der Waals surface area contributed by atoms with Crippen molar-refractivity contribution in [3.8, 4) is 5.75 Å². The number of sulfonamides is 1. The van der Waals surface area contributed by atoms with Crippen LogP contribution < -0.4 is 9.46 Å². The molecule has 21 heavy (non-hydrogen) atoms. The second-order valence-corrected chi connectivity index (χ2v) is 7.68. The standard InChI is InChI=1S/C15H25NO4S/c1-5-20-12-8-6-7-9-13(12)21(18,19)16-11-10-14(17)15(2,3)4/h6-9,14,16-17H,5,10-11H2,1-4H3. The van der Waals surface area contributed by atoms with Gasteiger partial charge in [-0.3, -0.25) is 0 Å². The summed E-state index contributed by atoms with van der Waals surface area (Å²) in [4.78, 5) is 0.122. The maximum Gasteiger partial charge on any atom is 0.244 e. The molecule has 1 unspecified atom stereocenters. The van der Waals surface area contributed by atoms with Gasteiger partial charge < -0.3 is 9.84 Å². The van der Waals surface area contributed by atoms with E-state index in [0.717, 1.165) is 0 Å². The molecule has 0 saturated heterocycles. The van der Waals surface area contributed by atoms with E-state index in [9.17, 15) is 13.5 Å². The highest BCUT2D eigenvalue weighted by atomic mass is 32.2. The molecule has 0 saturated carbocycles. The molecule has 1 rings (SSSR count). The number of aliphatic hydroxyl groups is 1. The highest BCUT2D eigenvalue weighted by Crippen LogP contribution is 2.24. The summed E-state index contributed by atoms with van der Waals surface area (Å²) in [6.07, 6.45) is -0.207. The molecule has 1 atom stereocenters. The molecule has 0 amide bonds. The molecule has 120 valence electrons. The van der Waals surface area contributed by atoms with Crippen LogP contribution in [-0.4, -0.2) is 32.8 Å². The number of hydrogen-bond donors (Lipinski definition) is 2. The van der Waals surface area contributed by atoms with Crippen LogP contribution in [0.5, 0.6) is 5.75 Å². The van der Waals surface area contributed by atoms with Gasteiger partial charge in [-0.25, -0.2) is 13.1 Å². The van der Waals surface area contributed by atoms with Crippen LogP contribution in [-0.2, 0) is 10.0 Å². The van der Waals surface area contributed by atoms with Gasteiger partial charge in [-0.15, -0.1) is 0 Å². The van der Waals surface area contributed by atoms with E-state index >= 15 is 0 Å². The Morgan fingerprint density at radius 2 is 1.90 bits per heavy atom. The van der Waals surface area contributed by atoms with Gasteiger partial charge in [0.05, 0.1) is 12.7 Å². The molecule has 0 bridgehead atoms. The van der Waals surface area contributed by atoms with E-state index in [0.29, 0.717) is 18.8 Å². The minimum absolute atomic E-state index is 0.122. The fourth-order valence-electron chi connectivity index (χ4n) is 1.79. The molecule has 0 radical (unpaired) electrons. The van der Waals surface area contributed by atoms with Gasteiger partial charge in [0.15, 0.2) is 0 Å². The Bertz CT molecular complexity index is 549. The van der Waals surface area contributed by atoms with Crippen molar-refractivity contribution in [1.29, 1.82) is 0 Å². The number of nitrogens with one attached hydrogen (secondary N) is 1. The Morgan fingerprint density at radius 1 is 1.29 bits per heavy atom. The quantitative estimate of drug-likeness (QED) is 0.808. The highest BCUT2D eigenvalue weighted by Gasteiger charge is 2.23. The largest absolute Gasteiger partial charge is 0.492 e. The zero-order valence-electron chi connectivity index (χ0n) is 13.1. The van der Waals surface area contributed by atoms with E-state index in [-0.39, 0.29) is 16.9 Å². The van der Waals surface area contributed by atoms with Crippen molar-refractivity contribution in [2.24, 2.45) is 5.41 Å². The number of hydrogen-bond acceptors (Lipinski definition) is 4. The van der Waals surface area contributed by atoms with E-state index in [1.54, 1.807) is 25.1 Å². The van der Waals surface area contributed by atoms with Gasteiger partial charge in [-0.2, -0.15) is 0 Å². The molecular formula is C15H25NO4S. The van der Waals surface area contributed by atoms with Crippen molar-refractivity contribution < 1.29 is 18.3 Å². The number of ether oxygens (including phenoxy) is 1. The highest BCUT2D eigenvalue weighted by molar-refractivity contribution is 7.89. The molecule has 0 aliphatic rings. The van der Waals surface area contributed by atoms with Crippen LogP contribution in [0, 0.1) is 5.41 Å². The summed E-state index contributed by atoms with van der Waals surface area (Å²) in [5.74, 6) is 0.337. The molecule has 0 aromatic heterocycles. The Morgan fingerprint density at radius 3 is 2.48 bits per heavy atom. The van der Waals surface area contributed by atoms with E-state index in [1.807, 2.05) is 20.8 Å². The lowest BCUT2D eigenvalue weighted by Gasteiger charge is -2.25. The minimum Gasteiger partial charge on any atom is -0.492 e. The van der Waals surface area contributed by atoms with Crippen LogP contribution in [0.1, 0.15) is 34.1 Å². The minimum atomic E-state index is -3.64. The van der Waals surface area contributed by atoms with E-state index < -0.39 is 16.1 Å². The lowest BCUT2D eigenvalue weighted by atomic mass is 9.87. The van der Waals surface area contributed by atoms with Crippen LogP contribution in [0.3, 0.4) is 0 Å². The van der Waals surface area contributed by atoms with Crippen LogP contribution >= 0.6 is 0 Å². The summed E-state index contributed by atoms with van der Waals surface area (Å²) >= 11 is 0. The molecule has 2 N–H and O–H groups in total. The first-order valence-electron chi connectivity index (χ1n) is 7.08. The smallest absolute Gasteiger partial charge is 0.244 e. The Hall–Kier alpha value is -1.11. The van der Waals surface area contributed by atoms with Crippen LogP contribution in [0.15, 0.2) is 29.2 Å². The molecular weight excluding hydrogens is 290 g/mol. The summed E-state index contributed by atoms with van der Waals surface area (Å²) in [6.45, 7) is 8.12. The SMILES string of the molecule is CCOc1ccccc1S(=O)(=O)NCCC(O)C(C)(C)C. The van der Waals surface area contributed by atoms with E-state index in [4.69, 9.17) is 4.74 Å².